The zero-order valence-electron chi connectivity index (χ0n) is 11.3. The maximum atomic E-state index is 13.2. The molecule has 0 spiro atoms. The third-order valence-corrected chi connectivity index (χ3v) is 3.20. The minimum Gasteiger partial charge on any atom is -0.481 e. The predicted octanol–water partition coefficient (Wildman–Crippen LogP) is 2.76. The second-order valence-corrected chi connectivity index (χ2v) is 5.63. The molecular weight excluding hydrogens is 247 g/mol. The SMILES string of the molecule is Cn1c(CC(C)(C)CC(=O)O)nc2cc(F)ccc21. The maximum absolute atomic E-state index is 13.2. The van der Waals surface area contributed by atoms with Crippen LogP contribution in [0.15, 0.2) is 18.2 Å². The van der Waals surface area contributed by atoms with E-state index in [1.54, 1.807) is 6.07 Å². The van der Waals surface area contributed by atoms with Crippen molar-refractivity contribution in [2.45, 2.75) is 26.7 Å². The third-order valence-electron chi connectivity index (χ3n) is 3.20. The molecule has 0 saturated carbocycles. The van der Waals surface area contributed by atoms with E-state index in [1.807, 2.05) is 25.5 Å². The van der Waals surface area contributed by atoms with Gasteiger partial charge in [0.05, 0.1) is 17.5 Å². The molecule has 0 aliphatic heterocycles. The molecule has 1 aromatic heterocycles. The standard InChI is InChI=1S/C14H17FN2O2/c1-14(2,8-13(18)19)7-12-16-10-6-9(15)4-5-11(10)17(12)3/h4-6H,7-8H2,1-3H3,(H,18,19). The summed E-state index contributed by atoms with van der Waals surface area (Å²) < 4.78 is 15.0. The van der Waals surface area contributed by atoms with Crippen LogP contribution >= 0.6 is 0 Å². The van der Waals surface area contributed by atoms with Gasteiger partial charge in [-0.15, -0.1) is 0 Å². The van der Waals surface area contributed by atoms with Gasteiger partial charge >= 0.3 is 5.97 Å². The number of benzene rings is 1. The Morgan fingerprint density at radius 1 is 1.47 bits per heavy atom. The van der Waals surface area contributed by atoms with E-state index in [-0.39, 0.29) is 17.7 Å². The smallest absolute Gasteiger partial charge is 0.303 e. The summed E-state index contributed by atoms with van der Waals surface area (Å²) in [6.45, 7) is 3.78. The van der Waals surface area contributed by atoms with Crippen LogP contribution in [0.2, 0.25) is 0 Å². The van der Waals surface area contributed by atoms with Gasteiger partial charge in [-0.05, 0) is 17.5 Å². The van der Waals surface area contributed by atoms with Crippen molar-refractivity contribution in [3.8, 4) is 0 Å². The largest absolute Gasteiger partial charge is 0.481 e. The quantitative estimate of drug-likeness (QED) is 0.923. The van der Waals surface area contributed by atoms with Crippen LogP contribution in [0.25, 0.3) is 11.0 Å². The van der Waals surface area contributed by atoms with Gasteiger partial charge in [-0.1, -0.05) is 13.8 Å². The molecule has 0 fully saturated rings. The average Bonchev–Trinajstić information content (AvgIpc) is 2.52. The van der Waals surface area contributed by atoms with E-state index in [0.29, 0.717) is 11.9 Å². The van der Waals surface area contributed by atoms with Crippen molar-refractivity contribution < 1.29 is 14.3 Å². The molecule has 0 amide bonds. The molecule has 0 aliphatic carbocycles. The number of hydrogen-bond donors (Lipinski definition) is 1. The molecule has 1 aromatic carbocycles. The van der Waals surface area contributed by atoms with E-state index in [4.69, 9.17) is 5.11 Å². The number of rotatable bonds is 4. The normalized spacial score (nSPS) is 12.0. The molecule has 0 unspecified atom stereocenters. The molecule has 19 heavy (non-hydrogen) atoms. The number of aliphatic carboxylic acids is 1. The fourth-order valence-corrected chi connectivity index (χ4v) is 2.28. The minimum absolute atomic E-state index is 0.0740. The Bertz CT molecular complexity index is 632. The highest BCUT2D eigenvalue weighted by molar-refractivity contribution is 5.76. The van der Waals surface area contributed by atoms with Crippen LogP contribution in [-0.2, 0) is 18.3 Å². The number of carboxylic acids is 1. The van der Waals surface area contributed by atoms with Gasteiger partial charge in [0, 0.05) is 19.5 Å². The van der Waals surface area contributed by atoms with Crippen LogP contribution in [0.1, 0.15) is 26.1 Å². The molecule has 4 nitrogen and oxygen atoms in total. The van der Waals surface area contributed by atoms with Crippen LogP contribution < -0.4 is 0 Å². The third kappa shape index (κ3) is 2.92. The number of aryl methyl sites for hydroxylation is 1. The van der Waals surface area contributed by atoms with Gasteiger partial charge in [0.1, 0.15) is 11.6 Å². The summed E-state index contributed by atoms with van der Waals surface area (Å²) in [4.78, 5) is 15.2. The number of carboxylic acid groups (broad SMARTS) is 1. The van der Waals surface area contributed by atoms with Crippen LogP contribution in [0.4, 0.5) is 4.39 Å². The van der Waals surface area contributed by atoms with Gasteiger partial charge in [0.15, 0.2) is 0 Å². The number of nitrogens with zero attached hydrogens (tertiary/aromatic N) is 2. The molecule has 1 N–H and O–H groups in total. The van der Waals surface area contributed by atoms with Gasteiger partial charge in [-0.25, -0.2) is 9.37 Å². The van der Waals surface area contributed by atoms with Crippen molar-refractivity contribution >= 4 is 17.0 Å². The molecule has 0 radical (unpaired) electrons. The summed E-state index contributed by atoms with van der Waals surface area (Å²) in [6.07, 6.45) is 0.608. The van der Waals surface area contributed by atoms with Crippen molar-refractivity contribution in [3.63, 3.8) is 0 Å². The zero-order chi connectivity index (χ0) is 14.2. The second kappa shape index (κ2) is 4.64. The monoisotopic (exact) mass is 264 g/mol. The highest BCUT2D eigenvalue weighted by Crippen LogP contribution is 2.27. The molecule has 2 rings (SSSR count). The van der Waals surface area contributed by atoms with E-state index in [1.165, 1.54) is 12.1 Å². The molecule has 0 atom stereocenters. The number of fused-ring (bicyclic) bond motifs is 1. The topological polar surface area (TPSA) is 55.1 Å². The van der Waals surface area contributed by atoms with Crippen LogP contribution in [0.5, 0.6) is 0 Å². The first-order valence-corrected chi connectivity index (χ1v) is 6.11. The number of aromatic nitrogens is 2. The summed E-state index contributed by atoms with van der Waals surface area (Å²) in [5.41, 5.74) is 1.06. The minimum atomic E-state index is -0.824. The number of hydrogen-bond acceptors (Lipinski definition) is 2. The lowest BCUT2D eigenvalue weighted by atomic mass is 9.85. The summed E-state index contributed by atoms with van der Waals surface area (Å²) in [5, 5.41) is 8.90. The fraction of sp³-hybridized carbons (Fsp3) is 0.429. The van der Waals surface area contributed by atoms with Gasteiger partial charge < -0.3 is 9.67 Å². The Kier molecular flexibility index (Phi) is 3.30. The van der Waals surface area contributed by atoms with Crippen molar-refractivity contribution in [2.75, 3.05) is 0 Å². The lowest BCUT2D eigenvalue weighted by Crippen LogP contribution is -2.21. The highest BCUT2D eigenvalue weighted by atomic mass is 19.1. The van der Waals surface area contributed by atoms with E-state index in [2.05, 4.69) is 4.98 Å². The zero-order valence-corrected chi connectivity index (χ0v) is 11.3. The molecule has 0 aliphatic rings. The molecule has 0 saturated heterocycles. The van der Waals surface area contributed by atoms with Gasteiger partial charge in [-0.3, -0.25) is 4.79 Å². The van der Waals surface area contributed by atoms with Crippen LogP contribution in [-0.4, -0.2) is 20.6 Å². The highest BCUT2D eigenvalue weighted by Gasteiger charge is 2.24. The Morgan fingerprint density at radius 3 is 2.79 bits per heavy atom. The Morgan fingerprint density at radius 2 is 2.16 bits per heavy atom. The summed E-state index contributed by atoms with van der Waals surface area (Å²) in [5.74, 6) is -0.372. The molecule has 0 bridgehead atoms. The van der Waals surface area contributed by atoms with E-state index in [0.717, 1.165) is 11.3 Å². The molecule has 2 aromatic rings. The lowest BCUT2D eigenvalue weighted by molar-refractivity contribution is -0.139. The van der Waals surface area contributed by atoms with E-state index < -0.39 is 5.97 Å². The van der Waals surface area contributed by atoms with E-state index >= 15 is 0 Å². The first-order valence-electron chi connectivity index (χ1n) is 6.11. The lowest BCUT2D eigenvalue weighted by Gasteiger charge is -2.21. The summed E-state index contributed by atoms with van der Waals surface area (Å²) in [7, 11) is 1.86. The van der Waals surface area contributed by atoms with Crippen molar-refractivity contribution in [1.82, 2.24) is 9.55 Å². The molecule has 5 heteroatoms. The van der Waals surface area contributed by atoms with Crippen molar-refractivity contribution in [3.05, 3.63) is 29.8 Å². The first kappa shape index (κ1) is 13.5. The predicted molar refractivity (Wildman–Crippen MR) is 70.4 cm³/mol. The Labute approximate surface area is 110 Å². The molecule has 102 valence electrons. The van der Waals surface area contributed by atoms with Gasteiger partial charge in [-0.2, -0.15) is 0 Å². The first-order chi connectivity index (χ1) is 8.78. The Balaban J connectivity index is 2.35. The Hall–Kier alpha value is -1.91. The van der Waals surface area contributed by atoms with Gasteiger partial charge in [0.25, 0.3) is 0 Å². The summed E-state index contributed by atoms with van der Waals surface area (Å²) in [6, 6.07) is 4.48. The molecular formula is C14H17FN2O2. The summed E-state index contributed by atoms with van der Waals surface area (Å²) >= 11 is 0. The number of carbonyl (C=O) groups is 1. The van der Waals surface area contributed by atoms with Crippen LogP contribution in [0.3, 0.4) is 0 Å². The number of halogens is 1. The van der Waals surface area contributed by atoms with Gasteiger partial charge in [0.2, 0.25) is 0 Å². The number of imidazole rings is 1. The van der Waals surface area contributed by atoms with E-state index in [9.17, 15) is 9.18 Å². The molecule has 1 heterocycles. The van der Waals surface area contributed by atoms with Crippen molar-refractivity contribution in [1.29, 1.82) is 0 Å². The maximum Gasteiger partial charge on any atom is 0.303 e. The fourth-order valence-electron chi connectivity index (χ4n) is 2.28. The average molecular weight is 264 g/mol. The van der Waals surface area contributed by atoms with Crippen LogP contribution in [0, 0.1) is 11.2 Å². The van der Waals surface area contributed by atoms with Crippen molar-refractivity contribution in [2.24, 2.45) is 12.5 Å². The second-order valence-electron chi connectivity index (χ2n) is 5.63.